The molecular weight excluding hydrogens is 335 g/mol. The van der Waals surface area contributed by atoms with Gasteiger partial charge >= 0.3 is 6.18 Å². The standard InChI is InChI=1S/C16H12F3N5O/c1-8(2)10-5-20-14-9(13(10)16(17,18)19)3-4-12-22-11(6-24(12)14)15-23-21-7-25-15/h3-8H,1-2H3. The van der Waals surface area contributed by atoms with Gasteiger partial charge in [-0.2, -0.15) is 13.2 Å². The molecule has 0 aromatic carbocycles. The van der Waals surface area contributed by atoms with E-state index in [9.17, 15) is 13.2 Å². The highest BCUT2D eigenvalue weighted by molar-refractivity contribution is 5.84. The van der Waals surface area contributed by atoms with Gasteiger partial charge < -0.3 is 4.42 Å². The zero-order valence-electron chi connectivity index (χ0n) is 13.2. The SMILES string of the molecule is CC(C)c1cnc2c(ccc3nc(-c4nnco4)cn32)c1C(F)(F)F. The zero-order valence-corrected chi connectivity index (χ0v) is 13.2. The van der Waals surface area contributed by atoms with Crippen molar-refractivity contribution in [2.45, 2.75) is 25.9 Å². The van der Waals surface area contributed by atoms with E-state index >= 15 is 0 Å². The third kappa shape index (κ3) is 2.43. The summed E-state index contributed by atoms with van der Waals surface area (Å²) in [5.74, 6) is -0.118. The average Bonchev–Trinajstić information content (AvgIpc) is 3.21. The van der Waals surface area contributed by atoms with Gasteiger partial charge in [-0.1, -0.05) is 13.8 Å². The summed E-state index contributed by atoms with van der Waals surface area (Å²) in [5, 5.41) is 7.37. The number of pyridine rings is 2. The van der Waals surface area contributed by atoms with Gasteiger partial charge in [0.1, 0.15) is 17.0 Å². The molecule has 0 spiro atoms. The zero-order chi connectivity index (χ0) is 17.8. The molecule has 0 aliphatic carbocycles. The monoisotopic (exact) mass is 347 g/mol. The summed E-state index contributed by atoms with van der Waals surface area (Å²) in [7, 11) is 0. The molecule has 0 aliphatic heterocycles. The van der Waals surface area contributed by atoms with E-state index in [1.54, 1.807) is 13.8 Å². The molecule has 0 saturated carbocycles. The third-order valence-corrected chi connectivity index (χ3v) is 3.97. The first-order valence-corrected chi connectivity index (χ1v) is 7.50. The van der Waals surface area contributed by atoms with Crippen LogP contribution in [0.1, 0.15) is 30.9 Å². The summed E-state index contributed by atoms with van der Waals surface area (Å²) in [6.07, 6.45) is -0.508. The predicted molar refractivity (Wildman–Crippen MR) is 82.9 cm³/mol. The molecule has 0 N–H and O–H groups in total. The quantitative estimate of drug-likeness (QED) is 0.547. The molecule has 0 amide bonds. The lowest BCUT2D eigenvalue weighted by Gasteiger charge is -2.17. The van der Waals surface area contributed by atoms with Crippen LogP contribution in [0.4, 0.5) is 13.2 Å². The Balaban J connectivity index is 2.06. The molecule has 9 heteroatoms. The highest BCUT2D eigenvalue weighted by Crippen LogP contribution is 2.39. The van der Waals surface area contributed by atoms with E-state index in [-0.39, 0.29) is 28.4 Å². The van der Waals surface area contributed by atoms with Gasteiger partial charge in [-0.15, -0.1) is 10.2 Å². The predicted octanol–water partition coefficient (Wildman–Crippen LogP) is 4.07. The molecule has 4 aromatic rings. The number of fused-ring (bicyclic) bond motifs is 3. The van der Waals surface area contributed by atoms with Crippen LogP contribution in [0.5, 0.6) is 0 Å². The molecule has 128 valence electrons. The Morgan fingerprint density at radius 2 is 2.00 bits per heavy atom. The van der Waals surface area contributed by atoms with E-state index in [2.05, 4.69) is 20.2 Å². The van der Waals surface area contributed by atoms with Gasteiger partial charge in [0.2, 0.25) is 6.39 Å². The van der Waals surface area contributed by atoms with Crippen LogP contribution in [0.2, 0.25) is 0 Å². The van der Waals surface area contributed by atoms with Crippen molar-refractivity contribution in [1.82, 2.24) is 24.6 Å². The minimum atomic E-state index is -4.48. The number of hydrogen-bond donors (Lipinski definition) is 0. The Labute approximate surface area is 139 Å². The van der Waals surface area contributed by atoms with Crippen LogP contribution in [0.3, 0.4) is 0 Å². The summed E-state index contributed by atoms with van der Waals surface area (Å²) in [5.41, 5.74) is 0.485. The average molecular weight is 347 g/mol. The second kappa shape index (κ2) is 5.27. The highest BCUT2D eigenvalue weighted by Gasteiger charge is 2.36. The van der Waals surface area contributed by atoms with Gasteiger partial charge in [-0.3, -0.25) is 4.40 Å². The second-order valence-corrected chi connectivity index (χ2v) is 5.91. The number of alkyl halides is 3. The fraction of sp³-hybridized carbons (Fsp3) is 0.250. The van der Waals surface area contributed by atoms with Crippen LogP contribution in [-0.4, -0.2) is 24.6 Å². The summed E-state index contributed by atoms with van der Waals surface area (Å²) in [4.78, 5) is 8.56. The van der Waals surface area contributed by atoms with Gasteiger partial charge in [0.25, 0.3) is 5.89 Å². The van der Waals surface area contributed by atoms with E-state index in [4.69, 9.17) is 4.42 Å². The van der Waals surface area contributed by atoms with Crippen LogP contribution in [0, 0.1) is 0 Å². The Hall–Kier alpha value is -2.97. The van der Waals surface area contributed by atoms with Gasteiger partial charge in [0.05, 0.1) is 5.56 Å². The van der Waals surface area contributed by atoms with E-state index in [0.29, 0.717) is 11.3 Å². The lowest BCUT2D eigenvalue weighted by molar-refractivity contribution is -0.137. The topological polar surface area (TPSA) is 69.1 Å². The molecule has 4 aromatic heterocycles. The minimum Gasteiger partial charge on any atom is -0.422 e. The van der Waals surface area contributed by atoms with Crippen molar-refractivity contribution in [3.8, 4) is 11.6 Å². The van der Waals surface area contributed by atoms with Crippen molar-refractivity contribution >= 4 is 16.7 Å². The largest absolute Gasteiger partial charge is 0.422 e. The maximum absolute atomic E-state index is 13.7. The van der Waals surface area contributed by atoms with Crippen LogP contribution < -0.4 is 0 Å². The lowest BCUT2D eigenvalue weighted by atomic mass is 9.96. The fourth-order valence-electron chi connectivity index (χ4n) is 2.86. The molecule has 0 aliphatic rings. The summed E-state index contributed by atoms with van der Waals surface area (Å²) in [6, 6.07) is 2.92. The molecule has 0 saturated heterocycles. The van der Waals surface area contributed by atoms with Gasteiger partial charge in [-0.25, -0.2) is 9.97 Å². The third-order valence-electron chi connectivity index (χ3n) is 3.97. The number of imidazole rings is 1. The van der Waals surface area contributed by atoms with Crippen molar-refractivity contribution < 1.29 is 17.6 Å². The molecule has 0 unspecified atom stereocenters. The summed E-state index contributed by atoms with van der Waals surface area (Å²) >= 11 is 0. The van der Waals surface area contributed by atoms with E-state index in [1.165, 1.54) is 28.9 Å². The molecule has 0 fully saturated rings. The summed E-state index contributed by atoms with van der Waals surface area (Å²) < 4.78 is 47.6. The lowest BCUT2D eigenvalue weighted by Crippen LogP contribution is -2.12. The Morgan fingerprint density at radius 1 is 1.20 bits per heavy atom. The molecule has 0 atom stereocenters. The van der Waals surface area contributed by atoms with Crippen LogP contribution >= 0.6 is 0 Å². The molecule has 25 heavy (non-hydrogen) atoms. The fourth-order valence-corrected chi connectivity index (χ4v) is 2.86. The number of hydrogen-bond acceptors (Lipinski definition) is 5. The maximum Gasteiger partial charge on any atom is 0.417 e. The molecule has 0 bridgehead atoms. The van der Waals surface area contributed by atoms with Crippen molar-refractivity contribution in [3.63, 3.8) is 0 Å². The Morgan fingerprint density at radius 3 is 2.64 bits per heavy atom. The first kappa shape index (κ1) is 15.6. The number of nitrogens with zero attached hydrogens (tertiary/aromatic N) is 5. The first-order chi connectivity index (χ1) is 11.9. The molecule has 4 rings (SSSR count). The molecule has 6 nitrogen and oxygen atoms in total. The van der Waals surface area contributed by atoms with E-state index in [1.807, 2.05) is 0 Å². The number of aromatic nitrogens is 5. The van der Waals surface area contributed by atoms with Gasteiger partial charge in [0.15, 0.2) is 0 Å². The molecule has 0 radical (unpaired) electrons. The molecule has 4 heterocycles. The Bertz CT molecular complexity index is 1070. The smallest absolute Gasteiger partial charge is 0.417 e. The number of rotatable bonds is 2. The maximum atomic E-state index is 13.7. The Kier molecular flexibility index (Phi) is 3.28. The second-order valence-electron chi connectivity index (χ2n) is 5.91. The van der Waals surface area contributed by atoms with Crippen LogP contribution in [-0.2, 0) is 6.18 Å². The normalized spacial score (nSPS) is 12.6. The van der Waals surface area contributed by atoms with E-state index in [0.717, 1.165) is 6.39 Å². The van der Waals surface area contributed by atoms with E-state index < -0.39 is 11.7 Å². The van der Waals surface area contributed by atoms with Crippen LogP contribution in [0.15, 0.2) is 35.3 Å². The van der Waals surface area contributed by atoms with Crippen molar-refractivity contribution in [1.29, 1.82) is 0 Å². The minimum absolute atomic E-state index is 0.0284. The van der Waals surface area contributed by atoms with Gasteiger partial charge in [0, 0.05) is 17.8 Å². The molecular formula is C16H12F3N5O. The first-order valence-electron chi connectivity index (χ1n) is 7.50. The summed E-state index contributed by atoms with van der Waals surface area (Å²) in [6.45, 7) is 3.42. The number of halogens is 3. The van der Waals surface area contributed by atoms with Crippen molar-refractivity contribution in [3.05, 3.63) is 42.0 Å². The highest BCUT2D eigenvalue weighted by atomic mass is 19.4. The van der Waals surface area contributed by atoms with Gasteiger partial charge in [-0.05, 0) is 23.6 Å². The van der Waals surface area contributed by atoms with Crippen LogP contribution in [0.25, 0.3) is 28.3 Å². The van der Waals surface area contributed by atoms with Crippen molar-refractivity contribution in [2.24, 2.45) is 0 Å². The van der Waals surface area contributed by atoms with Crippen molar-refractivity contribution in [2.75, 3.05) is 0 Å².